The lowest BCUT2D eigenvalue weighted by Gasteiger charge is -2.30. The van der Waals surface area contributed by atoms with Crippen molar-refractivity contribution in [1.29, 1.82) is 0 Å². The maximum atomic E-state index is 13.1. The molecule has 0 radical (unpaired) electrons. The van der Waals surface area contributed by atoms with E-state index in [0.717, 1.165) is 5.56 Å². The zero-order valence-electron chi connectivity index (χ0n) is 14.9. The number of fused-ring (bicyclic) bond motifs is 1. The average molecular weight is 373 g/mol. The second kappa shape index (κ2) is 8.07. The minimum Gasteiger partial charge on any atom is -0.497 e. The Bertz CT molecular complexity index is 837. The van der Waals surface area contributed by atoms with E-state index in [9.17, 15) is 19.1 Å². The number of carbonyl (C=O) groups excluding carboxylic acids is 1. The van der Waals surface area contributed by atoms with Crippen molar-refractivity contribution in [2.24, 2.45) is 5.92 Å². The number of carboxylic acids is 1. The van der Waals surface area contributed by atoms with Crippen molar-refractivity contribution in [3.8, 4) is 11.5 Å². The zero-order chi connectivity index (χ0) is 19.4. The SMILES string of the molecule is COc1ccc2c(c1)CC(C(=O)N(CC(=O)O)Cc1ccc(F)cc1)CO2. The number of aliphatic carboxylic acids is 1. The summed E-state index contributed by atoms with van der Waals surface area (Å²) in [7, 11) is 1.56. The fourth-order valence-corrected chi connectivity index (χ4v) is 3.10. The first-order chi connectivity index (χ1) is 13.0. The third kappa shape index (κ3) is 4.55. The predicted molar refractivity (Wildman–Crippen MR) is 95.1 cm³/mol. The summed E-state index contributed by atoms with van der Waals surface area (Å²) in [6.07, 6.45) is 0.435. The standard InChI is InChI=1S/C20H20FNO5/c1-26-17-6-7-18-14(9-17)8-15(12-27-18)20(25)22(11-19(23)24)10-13-2-4-16(21)5-3-13/h2-7,9,15H,8,10-12H2,1H3,(H,23,24). The first-order valence-electron chi connectivity index (χ1n) is 8.51. The van der Waals surface area contributed by atoms with E-state index in [1.165, 1.54) is 29.2 Å². The first-order valence-corrected chi connectivity index (χ1v) is 8.51. The molecule has 0 saturated heterocycles. The van der Waals surface area contributed by atoms with E-state index >= 15 is 0 Å². The summed E-state index contributed by atoms with van der Waals surface area (Å²) in [5.74, 6) is -0.938. The van der Waals surface area contributed by atoms with Crippen molar-refractivity contribution in [1.82, 2.24) is 4.90 Å². The van der Waals surface area contributed by atoms with Crippen LogP contribution in [0.15, 0.2) is 42.5 Å². The maximum absolute atomic E-state index is 13.1. The molecule has 6 nitrogen and oxygen atoms in total. The van der Waals surface area contributed by atoms with E-state index in [1.54, 1.807) is 19.2 Å². The van der Waals surface area contributed by atoms with Gasteiger partial charge in [-0.25, -0.2) is 4.39 Å². The Morgan fingerprint density at radius 1 is 1.26 bits per heavy atom. The van der Waals surface area contributed by atoms with Crippen LogP contribution >= 0.6 is 0 Å². The van der Waals surface area contributed by atoms with E-state index in [4.69, 9.17) is 9.47 Å². The highest BCUT2D eigenvalue weighted by Gasteiger charge is 2.31. The van der Waals surface area contributed by atoms with Crippen LogP contribution in [0.5, 0.6) is 11.5 Å². The van der Waals surface area contributed by atoms with Gasteiger partial charge in [0.1, 0.15) is 30.5 Å². The van der Waals surface area contributed by atoms with Crippen molar-refractivity contribution < 1.29 is 28.6 Å². The van der Waals surface area contributed by atoms with E-state index in [-0.39, 0.29) is 24.9 Å². The largest absolute Gasteiger partial charge is 0.497 e. The van der Waals surface area contributed by atoms with Crippen LogP contribution in [0.25, 0.3) is 0 Å². The highest BCUT2D eigenvalue weighted by molar-refractivity contribution is 5.83. The minimum atomic E-state index is -1.11. The van der Waals surface area contributed by atoms with Gasteiger partial charge < -0.3 is 19.5 Å². The maximum Gasteiger partial charge on any atom is 0.323 e. The topological polar surface area (TPSA) is 76.1 Å². The van der Waals surface area contributed by atoms with Crippen molar-refractivity contribution in [3.63, 3.8) is 0 Å². The van der Waals surface area contributed by atoms with Crippen LogP contribution in [0, 0.1) is 11.7 Å². The third-order valence-corrected chi connectivity index (χ3v) is 4.45. The van der Waals surface area contributed by atoms with Gasteiger partial charge in [-0.1, -0.05) is 12.1 Å². The highest BCUT2D eigenvalue weighted by atomic mass is 19.1. The molecule has 1 unspecified atom stereocenters. The lowest BCUT2D eigenvalue weighted by atomic mass is 9.95. The Hall–Kier alpha value is -3.09. The fourth-order valence-electron chi connectivity index (χ4n) is 3.10. The number of hydrogen-bond donors (Lipinski definition) is 1. The molecule has 1 heterocycles. The van der Waals surface area contributed by atoms with Crippen molar-refractivity contribution in [2.45, 2.75) is 13.0 Å². The molecule has 0 aromatic heterocycles. The van der Waals surface area contributed by atoms with E-state index in [2.05, 4.69) is 0 Å². The monoisotopic (exact) mass is 373 g/mol. The number of benzene rings is 2. The molecule has 1 N–H and O–H groups in total. The van der Waals surface area contributed by atoms with E-state index in [0.29, 0.717) is 23.5 Å². The summed E-state index contributed by atoms with van der Waals surface area (Å²) in [6.45, 7) is -0.164. The molecule has 1 atom stereocenters. The molecule has 0 bridgehead atoms. The number of rotatable bonds is 6. The number of ether oxygens (including phenoxy) is 2. The van der Waals surface area contributed by atoms with Crippen molar-refractivity contribution in [3.05, 3.63) is 59.4 Å². The molecule has 1 amide bonds. The molecule has 1 aliphatic rings. The number of methoxy groups -OCH3 is 1. The van der Waals surface area contributed by atoms with E-state index in [1.807, 2.05) is 6.07 Å². The molecule has 27 heavy (non-hydrogen) atoms. The predicted octanol–water partition coefficient (Wildman–Crippen LogP) is 2.50. The second-order valence-electron chi connectivity index (χ2n) is 6.40. The van der Waals surface area contributed by atoms with Crippen LogP contribution in [-0.2, 0) is 22.6 Å². The van der Waals surface area contributed by atoms with Gasteiger partial charge in [-0.05, 0) is 47.9 Å². The number of nitrogens with zero attached hydrogens (tertiary/aromatic N) is 1. The van der Waals surface area contributed by atoms with Crippen LogP contribution in [-0.4, -0.2) is 42.1 Å². The average Bonchev–Trinajstić information content (AvgIpc) is 2.67. The second-order valence-corrected chi connectivity index (χ2v) is 6.40. The van der Waals surface area contributed by atoms with Crippen molar-refractivity contribution >= 4 is 11.9 Å². The molecule has 3 rings (SSSR count). The molecule has 142 valence electrons. The van der Waals surface area contributed by atoms with Gasteiger partial charge in [-0.15, -0.1) is 0 Å². The van der Waals surface area contributed by atoms with Crippen LogP contribution in [0.1, 0.15) is 11.1 Å². The molecule has 0 fully saturated rings. The Kier molecular flexibility index (Phi) is 5.59. The van der Waals surface area contributed by atoms with Gasteiger partial charge in [-0.2, -0.15) is 0 Å². The third-order valence-electron chi connectivity index (χ3n) is 4.45. The molecule has 0 saturated carbocycles. The molecular weight excluding hydrogens is 353 g/mol. The van der Waals surface area contributed by atoms with Gasteiger partial charge in [0.2, 0.25) is 5.91 Å². The summed E-state index contributed by atoms with van der Waals surface area (Å²) >= 11 is 0. The summed E-state index contributed by atoms with van der Waals surface area (Å²) < 4.78 is 24.0. The smallest absolute Gasteiger partial charge is 0.323 e. The number of halogens is 1. The number of carbonyl (C=O) groups is 2. The van der Waals surface area contributed by atoms with Crippen LogP contribution in [0.4, 0.5) is 4.39 Å². The summed E-state index contributed by atoms with van der Waals surface area (Å²) in [5.41, 5.74) is 1.50. The highest BCUT2D eigenvalue weighted by Crippen LogP contribution is 2.31. The molecule has 7 heteroatoms. The molecular formula is C20H20FNO5. The number of amides is 1. The molecule has 2 aromatic rings. The summed E-state index contributed by atoms with van der Waals surface area (Å²) in [6, 6.07) is 11.0. The van der Waals surface area contributed by atoms with Gasteiger partial charge in [0.05, 0.1) is 13.0 Å². The number of hydrogen-bond acceptors (Lipinski definition) is 4. The molecule has 0 spiro atoms. The first kappa shape index (κ1) is 18.7. The fraction of sp³-hybridized carbons (Fsp3) is 0.300. The molecule has 2 aromatic carbocycles. The Morgan fingerprint density at radius 3 is 2.67 bits per heavy atom. The molecule has 1 aliphatic heterocycles. The van der Waals surface area contributed by atoms with Gasteiger partial charge in [0.15, 0.2) is 0 Å². The van der Waals surface area contributed by atoms with Gasteiger partial charge >= 0.3 is 5.97 Å². The minimum absolute atomic E-state index is 0.0902. The molecule has 0 aliphatic carbocycles. The number of carboxylic acid groups (broad SMARTS) is 1. The quantitative estimate of drug-likeness (QED) is 0.842. The summed E-state index contributed by atoms with van der Waals surface area (Å²) in [5, 5.41) is 9.18. The van der Waals surface area contributed by atoms with Gasteiger partial charge in [-0.3, -0.25) is 9.59 Å². The van der Waals surface area contributed by atoms with Crippen LogP contribution in [0.2, 0.25) is 0 Å². The van der Waals surface area contributed by atoms with Gasteiger partial charge in [0, 0.05) is 6.54 Å². The zero-order valence-corrected chi connectivity index (χ0v) is 14.9. The Labute approximate surface area is 156 Å². The Morgan fingerprint density at radius 2 is 2.00 bits per heavy atom. The summed E-state index contributed by atoms with van der Waals surface area (Å²) in [4.78, 5) is 25.4. The van der Waals surface area contributed by atoms with Crippen LogP contribution < -0.4 is 9.47 Å². The van der Waals surface area contributed by atoms with E-state index < -0.39 is 18.4 Å². The Balaban J connectivity index is 1.77. The van der Waals surface area contributed by atoms with Crippen LogP contribution in [0.3, 0.4) is 0 Å². The normalized spacial score (nSPS) is 15.4. The lowest BCUT2D eigenvalue weighted by Crippen LogP contribution is -2.42. The van der Waals surface area contributed by atoms with Crippen molar-refractivity contribution in [2.75, 3.05) is 20.3 Å². The van der Waals surface area contributed by atoms with Gasteiger partial charge in [0.25, 0.3) is 0 Å². The lowest BCUT2D eigenvalue weighted by molar-refractivity contribution is -0.147.